The van der Waals surface area contributed by atoms with Crippen molar-refractivity contribution in [2.75, 3.05) is 6.61 Å². The van der Waals surface area contributed by atoms with Crippen LogP contribution in [0.1, 0.15) is 13.0 Å². The fraction of sp³-hybridized carbons (Fsp3) is 0.500. The Bertz CT molecular complexity index is 283. The van der Waals surface area contributed by atoms with E-state index in [1.54, 1.807) is 6.92 Å². The zero-order chi connectivity index (χ0) is 8.27. The first kappa shape index (κ1) is 7.87. The first-order chi connectivity index (χ1) is 5.25. The van der Waals surface area contributed by atoms with Gasteiger partial charge in [0.05, 0.1) is 18.8 Å². The van der Waals surface area contributed by atoms with Crippen LogP contribution in [-0.2, 0) is 0 Å². The van der Waals surface area contributed by atoms with Gasteiger partial charge < -0.3 is 5.11 Å². The van der Waals surface area contributed by atoms with Crippen molar-refractivity contribution < 1.29 is 5.11 Å². The maximum absolute atomic E-state index is 11.0. The predicted octanol–water partition coefficient (Wildman–Crippen LogP) is -0.808. The molecule has 0 aromatic carbocycles. The van der Waals surface area contributed by atoms with Gasteiger partial charge in [-0.3, -0.25) is 4.79 Å². The number of aromatic nitrogens is 3. The second-order valence-electron chi connectivity index (χ2n) is 2.24. The van der Waals surface area contributed by atoms with Crippen molar-refractivity contribution in [2.45, 2.75) is 13.0 Å². The highest BCUT2D eigenvalue weighted by molar-refractivity contribution is 4.78. The van der Waals surface area contributed by atoms with E-state index in [-0.39, 0.29) is 18.2 Å². The van der Waals surface area contributed by atoms with Crippen molar-refractivity contribution in [3.63, 3.8) is 0 Å². The van der Waals surface area contributed by atoms with Gasteiger partial charge in [0.25, 0.3) is 5.56 Å². The van der Waals surface area contributed by atoms with Crippen LogP contribution in [0, 0.1) is 0 Å². The largest absolute Gasteiger partial charge is 0.394 e. The number of rotatable bonds is 2. The van der Waals surface area contributed by atoms with E-state index in [0.717, 1.165) is 4.68 Å². The van der Waals surface area contributed by atoms with Crippen molar-refractivity contribution in [2.24, 2.45) is 0 Å². The van der Waals surface area contributed by atoms with Crippen LogP contribution in [0.25, 0.3) is 0 Å². The highest BCUT2D eigenvalue weighted by atomic mass is 16.3. The SMILES string of the molecule is CC(CO)n1nnccc1=O. The smallest absolute Gasteiger partial charge is 0.269 e. The van der Waals surface area contributed by atoms with Gasteiger partial charge in [0.15, 0.2) is 0 Å². The second kappa shape index (κ2) is 3.25. The van der Waals surface area contributed by atoms with Crippen LogP contribution in [0.2, 0.25) is 0 Å². The lowest BCUT2D eigenvalue weighted by atomic mass is 10.4. The normalized spacial score (nSPS) is 12.9. The highest BCUT2D eigenvalue weighted by Gasteiger charge is 2.04. The van der Waals surface area contributed by atoms with Crippen LogP contribution in [0.15, 0.2) is 17.1 Å². The molecule has 0 spiro atoms. The van der Waals surface area contributed by atoms with E-state index in [2.05, 4.69) is 10.3 Å². The van der Waals surface area contributed by atoms with Gasteiger partial charge in [-0.05, 0) is 6.92 Å². The van der Waals surface area contributed by atoms with Gasteiger partial charge in [0.1, 0.15) is 0 Å². The fourth-order valence-electron chi connectivity index (χ4n) is 0.686. The Balaban J connectivity index is 3.03. The summed E-state index contributed by atoms with van der Waals surface area (Å²) in [6.07, 6.45) is 1.32. The van der Waals surface area contributed by atoms with Gasteiger partial charge >= 0.3 is 0 Å². The monoisotopic (exact) mass is 155 g/mol. The molecule has 1 rings (SSSR count). The highest BCUT2D eigenvalue weighted by Crippen LogP contribution is 1.94. The Labute approximate surface area is 63.3 Å². The molecular formula is C6H9N3O2. The molecule has 0 amide bonds. The predicted molar refractivity (Wildman–Crippen MR) is 38.1 cm³/mol. The molecule has 5 heteroatoms. The average molecular weight is 155 g/mol. The molecule has 0 saturated carbocycles. The van der Waals surface area contributed by atoms with Crippen molar-refractivity contribution in [3.8, 4) is 0 Å². The molecule has 60 valence electrons. The Hall–Kier alpha value is -1.23. The molecule has 1 N–H and O–H groups in total. The molecule has 1 atom stereocenters. The molecule has 0 aliphatic rings. The Morgan fingerprint density at radius 3 is 3.09 bits per heavy atom. The fourth-order valence-corrected chi connectivity index (χ4v) is 0.686. The maximum atomic E-state index is 11.0. The van der Waals surface area contributed by atoms with E-state index in [0.29, 0.717) is 0 Å². The summed E-state index contributed by atoms with van der Waals surface area (Å²) >= 11 is 0. The summed E-state index contributed by atoms with van der Waals surface area (Å²) in [5.41, 5.74) is -0.249. The van der Waals surface area contributed by atoms with Gasteiger partial charge in [0, 0.05) is 6.07 Å². The third kappa shape index (κ3) is 1.62. The van der Waals surface area contributed by atoms with E-state index in [1.165, 1.54) is 12.3 Å². The summed E-state index contributed by atoms with van der Waals surface area (Å²) in [6.45, 7) is 1.58. The average Bonchev–Trinajstić information content (AvgIpc) is 2.04. The summed E-state index contributed by atoms with van der Waals surface area (Å²) in [6, 6.07) is 0.996. The third-order valence-corrected chi connectivity index (χ3v) is 1.34. The lowest BCUT2D eigenvalue weighted by Crippen LogP contribution is -2.27. The molecule has 0 aliphatic carbocycles. The molecule has 1 heterocycles. The van der Waals surface area contributed by atoms with Gasteiger partial charge in [0.2, 0.25) is 0 Å². The minimum atomic E-state index is -0.309. The van der Waals surface area contributed by atoms with E-state index in [1.807, 2.05) is 0 Å². The topological polar surface area (TPSA) is 68.0 Å². The summed E-state index contributed by atoms with van der Waals surface area (Å²) in [5.74, 6) is 0. The summed E-state index contributed by atoms with van der Waals surface area (Å²) in [5, 5.41) is 15.7. The lowest BCUT2D eigenvalue weighted by molar-refractivity contribution is 0.222. The Kier molecular flexibility index (Phi) is 2.32. The molecule has 1 aromatic rings. The molecule has 0 bridgehead atoms. The molecule has 0 aliphatic heterocycles. The summed E-state index contributed by atoms with van der Waals surface area (Å²) in [7, 11) is 0. The lowest BCUT2D eigenvalue weighted by Gasteiger charge is -2.07. The zero-order valence-corrected chi connectivity index (χ0v) is 6.14. The Morgan fingerprint density at radius 2 is 2.55 bits per heavy atom. The number of nitrogens with zero attached hydrogens (tertiary/aromatic N) is 3. The minimum absolute atomic E-state index is 0.113. The number of hydrogen-bond donors (Lipinski definition) is 1. The van der Waals surface area contributed by atoms with Crippen LogP contribution >= 0.6 is 0 Å². The Morgan fingerprint density at radius 1 is 1.82 bits per heavy atom. The quantitative estimate of drug-likeness (QED) is 0.606. The van der Waals surface area contributed by atoms with Crippen LogP contribution in [-0.4, -0.2) is 26.7 Å². The van der Waals surface area contributed by atoms with Crippen LogP contribution in [0.4, 0.5) is 0 Å². The van der Waals surface area contributed by atoms with Crippen LogP contribution in [0.3, 0.4) is 0 Å². The molecule has 0 fully saturated rings. The molecule has 1 unspecified atom stereocenters. The minimum Gasteiger partial charge on any atom is -0.394 e. The second-order valence-corrected chi connectivity index (χ2v) is 2.24. The van der Waals surface area contributed by atoms with Crippen LogP contribution in [0.5, 0.6) is 0 Å². The molecule has 0 saturated heterocycles. The number of aliphatic hydroxyl groups is 1. The summed E-state index contributed by atoms with van der Waals surface area (Å²) in [4.78, 5) is 11.0. The number of aliphatic hydroxyl groups excluding tert-OH is 1. The van der Waals surface area contributed by atoms with Crippen molar-refractivity contribution in [1.82, 2.24) is 15.0 Å². The van der Waals surface area contributed by atoms with Gasteiger partial charge in [-0.2, -0.15) is 0 Å². The van der Waals surface area contributed by atoms with E-state index < -0.39 is 0 Å². The third-order valence-electron chi connectivity index (χ3n) is 1.34. The van der Waals surface area contributed by atoms with Gasteiger partial charge in [-0.25, -0.2) is 4.68 Å². The molecule has 1 aromatic heterocycles. The van der Waals surface area contributed by atoms with Crippen molar-refractivity contribution in [1.29, 1.82) is 0 Å². The molecule has 0 radical (unpaired) electrons. The van der Waals surface area contributed by atoms with Gasteiger partial charge in [-0.1, -0.05) is 5.21 Å². The first-order valence-corrected chi connectivity index (χ1v) is 3.27. The standard InChI is InChI=1S/C6H9N3O2/c1-5(4-10)9-6(11)2-3-7-8-9/h2-3,5,10H,4H2,1H3. The van der Waals surface area contributed by atoms with E-state index in [4.69, 9.17) is 5.11 Å². The summed E-state index contributed by atoms with van der Waals surface area (Å²) < 4.78 is 1.14. The van der Waals surface area contributed by atoms with Crippen molar-refractivity contribution >= 4 is 0 Å². The maximum Gasteiger partial charge on any atom is 0.269 e. The van der Waals surface area contributed by atoms with Crippen LogP contribution < -0.4 is 5.56 Å². The van der Waals surface area contributed by atoms with Gasteiger partial charge in [-0.15, -0.1) is 5.10 Å². The number of hydrogen-bond acceptors (Lipinski definition) is 4. The molecular weight excluding hydrogens is 146 g/mol. The van der Waals surface area contributed by atoms with E-state index >= 15 is 0 Å². The zero-order valence-electron chi connectivity index (χ0n) is 6.14. The molecule has 11 heavy (non-hydrogen) atoms. The van der Waals surface area contributed by atoms with Crippen molar-refractivity contribution in [3.05, 3.63) is 22.6 Å². The van der Waals surface area contributed by atoms with E-state index in [9.17, 15) is 4.79 Å². The first-order valence-electron chi connectivity index (χ1n) is 3.27. The molecule has 5 nitrogen and oxygen atoms in total.